The Morgan fingerprint density at radius 1 is 1.19 bits per heavy atom. The Kier molecular flexibility index (Phi) is 6.43. The quantitative estimate of drug-likeness (QED) is 0.461. The highest BCUT2D eigenvalue weighted by molar-refractivity contribution is 5.81. The number of likely N-dealkylation sites (tertiary alicyclic amines) is 1. The van der Waals surface area contributed by atoms with Crippen molar-refractivity contribution in [2.24, 2.45) is 16.3 Å². The van der Waals surface area contributed by atoms with Crippen molar-refractivity contribution in [1.82, 2.24) is 10.2 Å². The average Bonchev–Trinajstić information content (AvgIpc) is 3.18. The summed E-state index contributed by atoms with van der Waals surface area (Å²) in [4.78, 5) is 18.8. The number of hydrogen-bond donors (Lipinski definition) is 1. The molecule has 0 radical (unpaired) electrons. The molecule has 0 aromatic heterocycles. The minimum atomic E-state index is -0.0430. The van der Waals surface area contributed by atoms with E-state index in [1.165, 1.54) is 25.7 Å². The van der Waals surface area contributed by atoms with Crippen LogP contribution in [-0.2, 0) is 14.3 Å². The molecule has 0 amide bonds. The number of hydrogen-bond acceptors (Lipinski definition) is 4. The van der Waals surface area contributed by atoms with E-state index in [9.17, 15) is 4.79 Å². The first kappa shape index (κ1) is 19.5. The first-order valence-corrected chi connectivity index (χ1v) is 10.4. The second-order valence-electron chi connectivity index (χ2n) is 7.88. The summed E-state index contributed by atoms with van der Waals surface area (Å²) in [5.41, 5.74) is 0.301. The highest BCUT2D eigenvalue weighted by Crippen LogP contribution is 2.54. The fourth-order valence-corrected chi connectivity index (χ4v) is 5.13. The molecule has 3 aliphatic rings. The lowest BCUT2D eigenvalue weighted by molar-refractivity contribution is -0.149. The van der Waals surface area contributed by atoms with Crippen LogP contribution in [0, 0.1) is 11.3 Å². The van der Waals surface area contributed by atoms with E-state index in [1.54, 1.807) is 0 Å². The van der Waals surface area contributed by atoms with Gasteiger partial charge in [0.25, 0.3) is 0 Å². The summed E-state index contributed by atoms with van der Waals surface area (Å²) >= 11 is 0. The Hall–Kier alpha value is -1.30. The Morgan fingerprint density at radius 2 is 1.88 bits per heavy atom. The van der Waals surface area contributed by atoms with Crippen LogP contribution in [0.3, 0.4) is 0 Å². The standard InChI is InChI=1S/C20H35N3O3/c1-4-25-17-14-16(20(17)10-6-7-11-20)22-19(21-3)23-12-8-15(9-13-23)18(24)26-5-2/h15-17H,4-14H2,1-3H3,(H,21,22). The van der Waals surface area contributed by atoms with Crippen LogP contribution in [-0.4, -0.2) is 62.3 Å². The van der Waals surface area contributed by atoms with Gasteiger partial charge in [0, 0.05) is 38.2 Å². The number of nitrogens with one attached hydrogen (secondary N) is 1. The van der Waals surface area contributed by atoms with Gasteiger partial charge in [0.05, 0.1) is 18.6 Å². The number of ether oxygens (including phenoxy) is 2. The molecule has 1 spiro atoms. The molecule has 2 saturated carbocycles. The molecule has 1 N–H and O–H groups in total. The van der Waals surface area contributed by atoms with E-state index in [2.05, 4.69) is 22.1 Å². The molecule has 2 atom stereocenters. The number of piperidine rings is 1. The van der Waals surface area contributed by atoms with Gasteiger partial charge < -0.3 is 19.7 Å². The molecule has 0 aromatic rings. The van der Waals surface area contributed by atoms with Gasteiger partial charge in [-0.25, -0.2) is 0 Å². The smallest absolute Gasteiger partial charge is 0.309 e. The highest BCUT2D eigenvalue weighted by Gasteiger charge is 2.57. The fourth-order valence-electron chi connectivity index (χ4n) is 5.13. The van der Waals surface area contributed by atoms with Crippen molar-refractivity contribution >= 4 is 11.9 Å². The van der Waals surface area contributed by atoms with Gasteiger partial charge in [-0.1, -0.05) is 12.8 Å². The molecule has 3 rings (SSSR count). The van der Waals surface area contributed by atoms with Crippen LogP contribution in [0.4, 0.5) is 0 Å². The Morgan fingerprint density at radius 3 is 2.46 bits per heavy atom. The van der Waals surface area contributed by atoms with Gasteiger partial charge in [-0.05, 0) is 46.0 Å². The van der Waals surface area contributed by atoms with Gasteiger partial charge in [-0.15, -0.1) is 0 Å². The van der Waals surface area contributed by atoms with Crippen LogP contribution in [0.25, 0.3) is 0 Å². The molecule has 1 saturated heterocycles. The third-order valence-corrected chi connectivity index (χ3v) is 6.62. The minimum absolute atomic E-state index is 0.0384. The third-order valence-electron chi connectivity index (χ3n) is 6.62. The summed E-state index contributed by atoms with van der Waals surface area (Å²) in [5.74, 6) is 0.980. The number of guanidine groups is 1. The summed E-state index contributed by atoms with van der Waals surface area (Å²) in [7, 11) is 1.86. The first-order chi connectivity index (χ1) is 12.6. The summed E-state index contributed by atoms with van der Waals surface area (Å²) in [6.45, 7) is 6.94. The third kappa shape index (κ3) is 3.71. The molecule has 6 nitrogen and oxygen atoms in total. The van der Waals surface area contributed by atoms with Crippen LogP contribution < -0.4 is 5.32 Å². The molecular formula is C20H35N3O3. The zero-order valence-electron chi connectivity index (χ0n) is 16.6. The number of aliphatic imine (C=N–C) groups is 1. The monoisotopic (exact) mass is 365 g/mol. The first-order valence-electron chi connectivity index (χ1n) is 10.4. The molecule has 0 bridgehead atoms. The topological polar surface area (TPSA) is 63.2 Å². The van der Waals surface area contributed by atoms with Crippen molar-refractivity contribution in [2.45, 2.75) is 70.9 Å². The molecule has 1 heterocycles. The van der Waals surface area contributed by atoms with Crippen LogP contribution in [0.15, 0.2) is 4.99 Å². The molecule has 3 fully saturated rings. The number of rotatable bonds is 5. The van der Waals surface area contributed by atoms with Gasteiger partial charge in [-0.2, -0.15) is 0 Å². The number of carbonyl (C=O) groups is 1. The van der Waals surface area contributed by atoms with E-state index in [0.29, 0.717) is 24.2 Å². The van der Waals surface area contributed by atoms with Gasteiger partial charge >= 0.3 is 5.97 Å². The molecule has 148 valence electrons. The molecule has 1 aliphatic heterocycles. The van der Waals surface area contributed by atoms with Gasteiger partial charge in [-0.3, -0.25) is 9.79 Å². The van der Waals surface area contributed by atoms with Crippen LogP contribution in [0.5, 0.6) is 0 Å². The van der Waals surface area contributed by atoms with E-state index in [4.69, 9.17) is 9.47 Å². The number of esters is 1. The Bertz CT molecular complexity index is 508. The van der Waals surface area contributed by atoms with E-state index in [1.807, 2.05) is 14.0 Å². The predicted octanol–water partition coefficient (Wildman–Crippen LogP) is 2.57. The lowest BCUT2D eigenvalue weighted by Crippen LogP contribution is -2.65. The zero-order valence-corrected chi connectivity index (χ0v) is 16.6. The summed E-state index contributed by atoms with van der Waals surface area (Å²) in [6.07, 6.45) is 8.31. The zero-order chi connectivity index (χ0) is 18.6. The molecular weight excluding hydrogens is 330 g/mol. The SMILES string of the molecule is CCOC(=O)C1CCN(C(=NC)NC2CC(OCC)C23CCCC3)CC1. The van der Waals surface area contributed by atoms with Crippen LogP contribution >= 0.6 is 0 Å². The summed E-state index contributed by atoms with van der Waals surface area (Å²) < 4.78 is 11.2. The highest BCUT2D eigenvalue weighted by atomic mass is 16.5. The lowest BCUT2D eigenvalue weighted by atomic mass is 9.60. The van der Waals surface area contributed by atoms with Crippen molar-refractivity contribution in [3.05, 3.63) is 0 Å². The fraction of sp³-hybridized carbons (Fsp3) is 0.900. The van der Waals surface area contributed by atoms with Crippen molar-refractivity contribution < 1.29 is 14.3 Å². The maximum Gasteiger partial charge on any atom is 0.309 e. The predicted molar refractivity (Wildman–Crippen MR) is 102 cm³/mol. The lowest BCUT2D eigenvalue weighted by Gasteiger charge is -2.55. The van der Waals surface area contributed by atoms with Crippen LogP contribution in [0.1, 0.15) is 58.8 Å². The second-order valence-corrected chi connectivity index (χ2v) is 7.88. The Labute approximate surface area is 157 Å². The van der Waals surface area contributed by atoms with Crippen molar-refractivity contribution in [1.29, 1.82) is 0 Å². The normalized spacial score (nSPS) is 28.9. The van der Waals surface area contributed by atoms with E-state index >= 15 is 0 Å². The van der Waals surface area contributed by atoms with E-state index in [0.717, 1.165) is 44.9 Å². The maximum atomic E-state index is 11.9. The van der Waals surface area contributed by atoms with E-state index < -0.39 is 0 Å². The molecule has 6 heteroatoms. The average molecular weight is 366 g/mol. The summed E-state index contributed by atoms with van der Waals surface area (Å²) in [6, 6.07) is 0.461. The largest absolute Gasteiger partial charge is 0.466 e. The van der Waals surface area contributed by atoms with Crippen molar-refractivity contribution in [3.8, 4) is 0 Å². The van der Waals surface area contributed by atoms with Crippen molar-refractivity contribution in [3.63, 3.8) is 0 Å². The van der Waals surface area contributed by atoms with E-state index in [-0.39, 0.29) is 11.9 Å². The molecule has 26 heavy (non-hydrogen) atoms. The number of carbonyl (C=O) groups excluding carboxylic acids is 1. The number of nitrogens with zero attached hydrogens (tertiary/aromatic N) is 2. The molecule has 2 unspecified atom stereocenters. The second kappa shape index (κ2) is 8.59. The maximum absolute atomic E-state index is 11.9. The van der Waals surface area contributed by atoms with Gasteiger partial charge in [0.2, 0.25) is 0 Å². The minimum Gasteiger partial charge on any atom is -0.466 e. The Balaban J connectivity index is 1.55. The molecule has 2 aliphatic carbocycles. The van der Waals surface area contributed by atoms with Crippen molar-refractivity contribution in [2.75, 3.05) is 33.4 Å². The van der Waals surface area contributed by atoms with Crippen LogP contribution in [0.2, 0.25) is 0 Å². The van der Waals surface area contributed by atoms with Gasteiger partial charge in [0.1, 0.15) is 0 Å². The molecule has 0 aromatic carbocycles. The van der Waals surface area contributed by atoms with Gasteiger partial charge in [0.15, 0.2) is 5.96 Å². The summed E-state index contributed by atoms with van der Waals surface area (Å²) in [5, 5.41) is 3.74.